The quantitative estimate of drug-likeness (QED) is 0.697. The Morgan fingerprint density at radius 2 is 1.93 bits per heavy atom. The van der Waals surface area contributed by atoms with Crippen molar-refractivity contribution in [1.29, 1.82) is 0 Å². The first-order chi connectivity index (χ1) is 13.3. The van der Waals surface area contributed by atoms with Crippen LogP contribution in [-0.2, 0) is 4.79 Å². The van der Waals surface area contributed by atoms with E-state index in [1.165, 1.54) is 28.9 Å². The van der Waals surface area contributed by atoms with Gasteiger partial charge in [-0.2, -0.15) is 9.78 Å². The molecule has 1 amide bonds. The lowest BCUT2D eigenvalue weighted by Crippen LogP contribution is -2.22. The van der Waals surface area contributed by atoms with Gasteiger partial charge >= 0.3 is 0 Å². The second kappa shape index (κ2) is 7.94. The van der Waals surface area contributed by atoms with E-state index in [1.807, 2.05) is 19.9 Å². The summed E-state index contributed by atoms with van der Waals surface area (Å²) < 4.78 is 14.6. The van der Waals surface area contributed by atoms with Gasteiger partial charge in [0.25, 0.3) is 5.56 Å². The summed E-state index contributed by atoms with van der Waals surface area (Å²) in [5.74, 6) is -0.791. The van der Waals surface area contributed by atoms with Gasteiger partial charge in [0.15, 0.2) is 0 Å². The Kier molecular flexibility index (Phi) is 5.61. The third-order valence-electron chi connectivity index (χ3n) is 4.23. The van der Waals surface area contributed by atoms with Crippen LogP contribution < -0.4 is 10.9 Å². The van der Waals surface area contributed by atoms with Crippen molar-refractivity contribution in [2.24, 2.45) is 5.92 Å². The maximum atomic E-state index is 13.4. The number of benzene rings is 2. The fourth-order valence-corrected chi connectivity index (χ4v) is 2.86. The number of hydrogen-bond acceptors (Lipinski definition) is 3. The molecule has 0 spiro atoms. The minimum Gasteiger partial charge on any atom is -0.326 e. The number of nitrogens with one attached hydrogen (secondary N) is 1. The molecule has 0 aliphatic heterocycles. The molecule has 0 fully saturated rings. The van der Waals surface area contributed by atoms with E-state index < -0.39 is 5.82 Å². The molecule has 0 atom stereocenters. The highest BCUT2D eigenvalue weighted by Crippen LogP contribution is 2.25. The smallest absolute Gasteiger partial charge is 0.272 e. The van der Waals surface area contributed by atoms with Crippen LogP contribution in [0.2, 0.25) is 5.02 Å². The van der Waals surface area contributed by atoms with E-state index in [0.29, 0.717) is 22.6 Å². The Morgan fingerprint density at radius 1 is 1.18 bits per heavy atom. The van der Waals surface area contributed by atoms with E-state index in [9.17, 15) is 14.0 Å². The van der Waals surface area contributed by atoms with Crippen LogP contribution in [0.3, 0.4) is 0 Å². The van der Waals surface area contributed by atoms with Crippen molar-refractivity contribution < 1.29 is 9.18 Å². The second-order valence-electron chi connectivity index (χ2n) is 6.72. The summed E-state index contributed by atoms with van der Waals surface area (Å²) in [6.45, 7) is 5.40. The van der Waals surface area contributed by atoms with Crippen LogP contribution in [-0.4, -0.2) is 15.7 Å². The average molecular weight is 400 g/mol. The average Bonchev–Trinajstić information content (AvgIpc) is 2.65. The molecule has 0 aliphatic rings. The van der Waals surface area contributed by atoms with Gasteiger partial charge in [0, 0.05) is 23.2 Å². The molecule has 3 aromatic rings. The van der Waals surface area contributed by atoms with Crippen molar-refractivity contribution in [1.82, 2.24) is 9.78 Å². The van der Waals surface area contributed by atoms with Gasteiger partial charge in [-0.05, 0) is 42.8 Å². The maximum absolute atomic E-state index is 13.4. The van der Waals surface area contributed by atoms with Gasteiger partial charge in [-0.15, -0.1) is 0 Å². The Bertz CT molecular complexity index is 1110. The van der Waals surface area contributed by atoms with E-state index in [0.717, 1.165) is 5.56 Å². The fourth-order valence-electron chi connectivity index (χ4n) is 2.69. The topological polar surface area (TPSA) is 64.0 Å². The van der Waals surface area contributed by atoms with E-state index in [4.69, 9.17) is 11.6 Å². The third-order valence-corrected chi connectivity index (χ3v) is 4.52. The number of carbonyl (C=O) groups excluding carboxylic acids is 1. The normalized spacial score (nSPS) is 10.9. The molecule has 7 heteroatoms. The number of carbonyl (C=O) groups is 1. The molecule has 0 radical (unpaired) electrons. The van der Waals surface area contributed by atoms with Crippen molar-refractivity contribution in [3.63, 3.8) is 0 Å². The molecule has 0 aliphatic carbocycles. The maximum Gasteiger partial charge on any atom is 0.272 e. The highest BCUT2D eigenvalue weighted by molar-refractivity contribution is 6.30. The van der Waals surface area contributed by atoms with E-state index in [2.05, 4.69) is 10.4 Å². The number of aryl methyl sites for hydroxylation is 1. The van der Waals surface area contributed by atoms with Crippen LogP contribution in [0.4, 0.5) is 10.1 Å². The minimum atomic E-state index is -0.563. The summed E-state index contributed by atoms with van der Waals surface area (Å²) in [5, 5.41) is 7.10. The highest BCUT2D eigenvalue weighted by Gasteiger charge is 2.12. The molecule has 1 N–H and O–H groups in total. The number of halogens is 2. The summed E-state index contributed by atoms with van der Waals surface area (Å²) in [6, 6.07) is 12.7. The fraction of sp³-hybridized carbons (Fsp3) is 0.190. The molecule has 2 aromatic carbocycles. The SMILES string of the molecule is Cc1nn(-c2ccc(F)c(Cl)c2)c(=O)cc1-c1cccc(NC(=O)C(C)C)c1. The molecule has 1 aromatic heterocycles. The number of aromatic nitrogens is 2. The zero-order valence-electron chi connectivity index (χ0n) is 15.7. The van der Waals surface area contributed by atoms with Crippen molar-refractivity contribution in [2.45, 2.75) is 20.8 Å². The predicted octanol–water partition coefficient (Wildman–Crippen LogP) is 4.59. The molecule has 5 nitrogen and oxygen atoms in total. The number of hydrogen-bond donors (Lipinski definition) is 1. The van der Waals surface area contributed by atoms with Crippen molar-refractivity contribution in [3.8, 4) is 16.8 Å². The number of amides is 1. The summed E-state index contributed by atoms with van der Waals surface area (Å²) in [7, 11) is 0. The summed E-state index contributed by atoms with van der Waals surface area (Å²) in [6.07, 6.45) is 0. The van der Waals surface area contributed by atoms with Crippen molar-refractivity contribution in [2.75, 3.05) is 5.32 Å². The zero-order chi connectivity index (χ0) is 20.4. The van der Waals surface area contributed by atoms with Crippen LogP contribution in [0.5, 0.6) is 0 Å². The molecule has 1 heterocycles. The lowest BCUT2D eigenvalue weighted by atomic mass is 10.0. The van der Waals surface area contributed by atoms with Gasteiger partial charge < -0.3 is 5.32 Å². The van der Waals surface area contributed by atoms with Gasteiger partial charge in [0.2, 0.25) is 5.91 Å². The second-order valence-corrected chi connectivity index (χ2v) is 7.12. The van der Waals surface area contributed by atoms with Crippen LogP contribution in [0.1, 0.15) is 19.5 Å². The van der Waals surface area contributed by atoms with Crippen LogP contribution in [0.15, 0.2) is 53.3 Å². The Hall–Kier alpha value is -2.99. The van der Waals surface area contributed by atoms with Crippen LogP contribution in [0, 0.1) is 18.7 Å². The monoisotopic (exact) mass is 399 g/mol. The third kappa shape index (κ3) is 4.12. The van der Waals surface area contributed by atoms with Gasteiger partial charge in [-0.1, -0.05) is 37.6 Å². The van der Waals surface area contributed by atoms with Crippen LogP contribution in [0.25, 0.3) is 16.8 Å². The molecule has 0 unspecified atom stereocenters. The van der Waals surface area contributed by atoms with E-state index >= 15 is 0 Å². The Morgan fingerprint density at radius 3 is 2.61 bits per heavy atom. The first-order valence-corrected chi connectivity index (χ1v) is 9.12. The van der Waals surface area contributed by atoms with Crippen LogP contribution >= 0.6 is 11.6 Å². The molecule has 28 heavy (non-hydrogen) atoms. The number of rotatable bonds is 4. The Labute approximate surface area is 166 Å². The van der Waals surface area contributed by atoms with Gasteiger partial charge in [0.1, 0.15) is 5.82 Å². The van der Waals surface area contributed by atoms with Crippen molar-refractivity contribution in [3.05, 3.63) is 75.4 Å². The van der Waals surface area contributed by atoms with E-state index in [1.54, 1.807) is 25.1 Å². The molecule has 144 valence electrons. The first kappa shape index (κ1) is 19.8. The zero-order valence-corrected chi connectivity index (χ0v) is 16.4. The Balaban J connectivity index is 2.00. The molecular formula is C21H19ClFN3O2. The van der Waals surface area contributed by atoms with Crippen molar-refractivity contribution >= 4 is 23.2 Å². The highest BCUT2D eigenvalue weighted by atomic mass is 35.5. The molecule has 0 bridgehead atoms. The molecular weight excluding hydrogens is 381 g/mol. The van der Waals surface area contributed by atoms with Gasteiger partial charge in [-0.25, -0.2) is 4.39 Å². The van der Waals surface area contributed by atoms with E-state index in [-0.39, 0.29) is 22.4 Å². The first-order valence-electron chi connectivity index (χ1n) is 8.74. The molecule has 3 rings (SSSR count). The van der Waals surface area contributed by atoms with Gasteiger partial charge in [-0.3, -0.25) is 9.59 Å². The largest absolute Gasteiger partial charge is 0.326 e. The van der Waals surface area contributed by atoms with Gasteiger partial charge in [0.05, 0.1) is 16.4 Å². The summed E-state index contributed by atoms with van der Waals surface area (Å²) in [5.41, 5.74) is 2.66. The molecule has 0 saturated carbocycles. The number of anilines is 1. The molecule has 0 saturated heterocycles. The lowest BCUT2D eigenvalue weighted by Gasteiger charge is -2.12. The predicted molar refractivity (Wildman–Crippen MR) is 108 cm³/mol. The number of nitrogens with zero attached hydrogens (tertiary/aromatic N) is 2. The lowest BCUT2D eigenvalue weighted by molar-refractivity contribution is -0.118. The summed E-state index contributed by atoms with van der Waals surface area (Å²) in [4.78, 5) is 24.5. The standard InChI is InChI=1S/C21H19ClFN3O2/c1-12(2)21(28)24-15-6-4-5-14(9-15)17-11-20(27)26(25-13(17)3)16-7-8-19(23)18(22)10-16/h4-12H,1-3H3,(H,24,28). The minimum absolute atomic E-state index is 0.0819. The summed E-state index contributed by atoms with van der Waals surface area (Å²) >= 11 is 5.81.